The molecule has 0 aliphatic heterocycles. The van der Waals surface area contributed by atoms with E-state index in [1.165, 1.54) is 0 Å². The van der Waals surface area contributed by atoms with Crippen LogP contribution in [0.1, 0.15) is 24.1 Å². The fraction of sp³-hybridized carbons (Fsp3) is 0.250. The predicted molar refractivity (Wildman–Crippen MR) is 95.7 cm³/mol. The highest BCUT2D eigenvalue weighted by molar-refractivity contribution is 9.10. The van der Waals surface area contributed by atoms with Crippen LogP contribution in [0.15, 0.2) is 40.9 Å². The van der Waals surface area contributed by atoms with Crippen molar-refractivity contribution in [1.82, 2.24) is 5.32 Å². The molecule has 2 rings (SSSR count). The first-order valence-corrected chi connectivity index (χ1v) is 8.56. The van der Waals surface area contributed by atoms with Gasteiger partial charge in [-0.05, 0) is 48.4 Å². The van der Waals surface area contributed by atoms with Gasteiger partial charge in [-0.3, -0.25) is 0 Å². The highest BCUT2D eigenvalue weighted by atomic mass is 79.9. The lowest BCUT2D eigenvalue weighted by molar-refractivity contribution is 0.550. The summed E-state index contributed by atoms with van der Waals surface area (Å²) in [6.45, 7) is 2.94. The SMILES string of the molecule is CCNC(Cc1ccc(Br)cc1Cl)c1ccc(Cl)c(Cl)c1. The predicted octanol–water partition coefficient (Wildman–Crippen LogP) is 6.30. The molecule has 1 nitrogen and oxygen atoms in total. The van der Waals surface area contributed by atoms with E-state index < -0.39 is 0 Å². The second kappa shape index (κ2) is 7.85. The largest absolute Gasteiger partial charge is 0.310 e. The van der Waals surface area contributed by atoms with Crippen LogP contribution < -0.4 is 5.32 Å². The summed E-state index contributed by atoms with van der Waals surface area (Å²) in [6, 6.07) is 11.8. The topological polar surface area (TPSA) is 12.0 Å². The number of likely N-dealkylation sites (N-methyl/N-ethyl adjacent to an activating group) is 1. The first kappa shape index (κ1) is 17.1. The van der Waals surface area contributed by atoms with E-state index in [1.54, 1.807) is 0 Å². The van der Waals surface area contributed by atoms with Crippen molar-refractivity contribution in [1.29, 1.82) is 0 Å². The zero-order valence-electron chi connectivity index (χ0n) is 11.5. The second-order valence-electron chi connectivity index (χ2n) is 4.72. The van der Waals surface area contributed by atoms with Gasteiger partial charge < -0.3 is 5.32 Å². The summed E-state index contributed by atoms with van der Waals surface area (Å²) < 4.78 is 0.978. The van der Waals surface area contributed by atoms with Crippen LogP contribution in [0.2, 0.25) is 15.1 Å². The van der Waals surface area contributed by atoms with Gasteiger partial charge in [0.2, 0.25) is 0 Å². The Morgan fingerprint density at radius 3 is 2.38 bits per heavy atom. The number of hydrogen-bond acceptors (Lipinski definition) is 1. The highest BCUT2D eigenvalue weighted by Crippen LogP contribution is 2.29. The summed E-state index contributed by atoms with van der Waals surface area (Å²) in [5.41, 5.74) is 2.20. The van der Waals surface area contributed by atoms with Crippen LogP contribution in [-0.4, -0.2) is 6.54 Å². The molecule has 2 aromatic carbocycles. The Labute approximate surface area is 148 Å². The Kier molecular flexibility index (Phi) is 6.39. The van der Waals surface area contributed by atoms with Gasteiger partial charge in [0.05, 0.1) is 10.0 Å². The quantitative estimate of drug-likeness (QED) is 0.613. The third kappa shape index (κ3) is 4.61. The van der Waals surface area contributed by atoms with Gasteiger partial charge in [-0.1, -0.05) is 69.8 Å². The van der Waals surface area contributed by atoms with Crippen LogP contribution in [0.4, 0.5) is 0 Å². The van der Waals surface area contributed by atoms with Crippen molar-refractivity contribution in [3.8, 4) is 0 Å². The van der Waals surface area contributed by atoms with Gasteiger partial charge in [-0.25, -0.2) is 0 Å². The zero-order valence-corrected chi connectivity index (χ0v) is 15.3. The maximum Gasteiger partial charge on any atom is 0.0595 e. The van der Waals surface area contributed by atoms with E-state index in [-0.39, 0.29) is 6.04 Å². The summed E-state index contributed by atoms with van der Waals surface area (Å²) in [6.07, 6.45) is 0.790. The van der Waals surface area contributed by atoms with Crippen molar-refractivity contribution in [2.75, 3.05) is 6.54 Å². The number of hydrogen-bond donors (Lipinski definition) is 1. The van der Waals surface area contributed by atoms with Gasteiger partial charge in [0.15, 0.2) is 0 Å². The maximum absolute atomic E-state index is 6.31. The molecule has 1 atom stereocenters. The molecule has 2 aromatic rings. The summed E-state index contributed by atoms with van der Waals surface area (Å²) >= 11 is 21.8. The number of rotatable bonds is 5. The summed E-state index contributed by atoms with van der Waals surface area (Å²) in [5.74, 6) is 0. The van der Waals surface area contributed by atoms with Crippen LogP contribution >= 0.6 is 50.7 Å². The van der Waals surface area contributed by atoms with Gasteiger partial charge in [0.1, 0.15) is 0 Å². The fourth-order valence-corrected chi connectivity index (χ4v) is 3.25. The molecule has 5 heteroatoms. The van der Waals surface area contributed by atoms with Crippen molar-refractivity contribution in [3.05, 3.63) is 67.1 Å². The van der Waals surface area contributed by atoms with Crippen molar-refractivity contribution < 1.29 is 0 Å². The van der Waals surface area contributed by atoms with Crippen LogP contribution in [0, 0.1) is 0 Å². The number of benzene rings is 2. The Bertz CT molecular complexity index is 631. The Balaban J connectivity index is 2.28. The monoisotopic (exact) mass is 405 g/mol. The molecule has 0 heterocycles. The minimum Gasteiger partial charge on any atom is -0.310 e. The lowest BCUT2D eigenvalue weighted by atomic mass is 9.99. The molecule has 112 valence electrons. The number of halogens is 4. The van der Waals surface area contributed by atoms with E-state index >= 15 is 0 Å². The van der Waals surface area contributed by atoms with E-state index in [1.807, 2.05) is 36.4 Å². The molecule has 21 heavy (non-hydrogen) atoms. The summed E-state index contributed by atoms with van der Waals surface area (Å²) in [4.78, 5) is 0. The molecular weight excluding hydrogens is 392 g/mol. The van der Waals surface area contributed by atoms with Gasteiger partial charge >= 0.3 is 0 Å². The molecule has 0 spiro atoms. The standard InChI is InChI=1S/C16H15BrCl3N/c1-2-21-16(11-4-6-13(18)15(20)7-11)8-10-3-5-12(17)9-14(10)19/h3-7,9,16,21H,2,8H2,1H3. The third-order valence-electron chi connectivity index (χ3n) is 3.24. The van der Waals surface area contributed by atoms with Crippen molar-refractivity contribution >= 4 is 50.7 Å². The Morgan fingerprint density at radius 2 is 1.76 bits per heavy atom. The maximum atomic E-state index is 6.31. The van der Waals surface area contributed by atoms with E-state index in [0.717, 1.165) is 33.6 Å². The van der Waals surface area contributed by atoms with Gasteiger partial charge in [-0.15, -0.1) is 0 Å². The summed E-state index contributed by atoms with van der Waals surface area (Å²) in [5, 5.41) is 5.36. The molecule has 0 aromatic heterocycles. The van der Waals surface area contributed by atoms with Crippen LogP contribution in [-0.2, 0) is 6.42 Å². The summed E-state index contributed by atoms with van der Waals surface area (Å²) in [7, 11) is 0. The Morgan fingerprint density at radius 1 is 1.00 bits per heavy atom. The van der Waals surface area contributed by atoms with Gasteiger partial charge in [0.25, 0.3) is 0 Å². The second-order valence-corrected chi connectivity index (χ2v) is 6.86. The molecule has 0 fully saturated rings. The molecule has 0 saturated heterocycles. The highest BCUT2D eigenvalue weighted by Gasteiger charge is 2.14. The minimum atomic E-state index is 0.142. The van der Waals surface area contributed by atoms with Gasteiger partial charge in [0, 0.05) is 15.5 Å². The third-order valence-corrected chi connectivity index (χ3v) is 4.82. The van der Waals surface area contributed by atoms with Crippen LogP contribution in [0.5, 0.6) is 0 Å². The van der Waals surface area contributed by atoms with E-state index in [2.05, 4.69) is 28.2 Å². The Hall–Kier alpha value is -0.250. The molecule has 0 aliphatic carbocycles. The molecule has 0 aliphatic rings. The number of nitrogens with one attached hydrogen (secondary N) is 1. The zero-order chi connectivity index (χ0) is 15.4. The van der Waals surface area contributed by atoms with Crippen LogP contribution in [0.3, 0.4) is 0 Å². The normalized spacial score (nSPS) is 12.4. The molecular formula is C16H15BrCl3N. The van der Waals surface area contributed by atoms with Crippen LogP contribution in [0.25, 0.3) is 0 Å². The fourth-order valence-electron chi connectivity index (χ4n) is 2.19. The first-order valence-electron chi connectivity index (χ1n) is 6.63. The molecule has 1 unspecified atom stereocenters. The molecule has 0 saturated carbocycles. The van der Waals surface area contributed by atoms with E-state index in [0.29, 0.717) is 10.0 Å². The van der Waals surface area contributed by atoms with Gasteiger partial charge in [-0.2, -0.15) is 0 Å². The smallest absolute Gasteiger partial charge is 0.0595 e. The average molecular weight is 408 g/mol. The van der Waals surface area contributed by atoms with Crippen molar-refractivity contribution in [2.45, 2.75) is 19.4 Å². The molecule has 0 radical (unpaired) electrons. The molecule has 1 N–H and O–H groups in total. The van der Waals surface area contributed by atoms with E-state index in [9.17, 15) is 0 Å². The lowest BCUT2D eigenvalue weighted by Crippen LogP contribution is -2.23. The first-order chi connectivity index (χ1) is 10.0. The van der Waals surface area contributed by atoms with Crippen molar-refractivity contribution in [2.24, 2.45) is 0 Å². The minimum absolute atomic E-state index is 0.142. The van der Waals surface area contributed by atoms with E-state index in [4.69, 9.17) is 34.8 Å². The average Bonchev–Trinajstić information content (AvgIpc) is 2.44. The van der Waals surface area contributed by atoms with Crippen molar-refractivity contribution in [3.63, 3.8) is 0 Å². The lowest BCUT2D eigenvalue weighted by Gasteiger charge is -2.20. The molecule has 0 bridgehead atoms. The molecule has 0 amide bonds.